The first-order valence-corrected chi connectivity index (χ1v) is 15.4. The molecule has 1 saturated heterocycles. The number of carbonyl (C=O) groups excluding carboxylic acids is 3. The number of alkyl halides is 3. The molecule has 5 rings (SSSR count). The number of halogens is 3. The van der Waals surface area contributed by atoms with Gasteiger partial charge < -0.3 is 25.3 Å². The van der Waals surface area contributed by atoms with Crippen LogP contribution in [0.15, 0.2) is 59.9 Å². The normalized spacial score (nSPS) is 13.7. The third-order valence-corrected chi connectivity index (χ3v) is 8.33. The van der Waals surface area contributed by atoms with Crippen molar-refractivity contribution in [1.82, 2.24) is 19.3 Å². The van der Waals surface area contributed by atoms with Crippen molar-refractivity contribution in [3.63, 3.8) is 0 Å². The number of nitrogens with zero attached hydrogens (tertiary/aromatic N) is 3. The van der Waals surface area contributed by atoms with E-state index in [2.05, 4.69) is 22.5 Å². The summed E-state index contributed by atoms with van der Waals surface area (Å²) in [6, 6.07) is 8.72. The molecular weight excluding hydrogens is 629 g/mol. The van der Waals surface area contributed by atoms with Crippen LogP contribution in [0, 0.1) is 13.8 Å². The van der Waals surface area contributed by atoms with Crippen LogP contribution in [0.2, 0.25) is 0 Å². The molecule has 0 unspecified atom stereocenters. The molecule has 0 spiro atoms. The molecule has 0 radical (unpaired) electrons. The number of ether oxygens (including phenoxy) is 1. The van der Waals surface area contributed by atoms with Crippen molar-refractivity contribution in [3.8, 4) is 11.1 Å². The van der Waals surface area contributed by atoms with Crippen LogP contribution in [0.1, 0.15) is 52.8 Å². The van der Waals surface area contributed by atoms with Crippen molar-refractivity contribution in [2.45, 2.75) is 58.8 Å². The van der Waals surface area contributed by atoms with Gasteiger partial charge in [-0.2, -0.15) is 13.2 Å². The van der Waals surface area contributed by atoms with Gasteiger partial charge in [-0.25, -0.2) is 9.38 Å². The van der Waals surface area contributed by atoms with Gasteiger partial charge in [0.05, 0.1) is 16.8 Å². The summed E-state index contributed by atoms with van der Waals surface area (Å²) >= 11 is 0. The monoisotopic (exact) mass is 664 g/mol. The van der Waals surface area contributed by atoms with Crippen molar-refractivity contribution in [2.75, 3.05) is 23.8 Å². The number of aryl methyl sites for hydroxylation is 2. The fraction of sp³-hybridized carbons (Fsp3) is 0.324. The zero-order valence-electron chi connectivity index (χ0n) is 26.7. The Bertz CT molecular complexity index is 1960. The van der Waals surface area contributed by atoms with Crippen molar-refractivity contribution < 1.29 is 32.3 Å². The van der Waals surface area contributed by atoms with Crippen LogP contribution in [0.5, 0.6) is 0 Å². The molecule has 2 aromatic heterocycles. The van der Waals surface area contributed by atoms with Gasteiger partial charge in [0, 0.05) is 53.1 Å². The SMILES string of the molecule is C=CC(=O)Nc1cc(C(=O)NC2CCOCC2)ccc1-c1c(CC)nc2n(CC(=O)Nc3ccc(C(F)(F)F)cc3)c(C)c(C)n2c1=O. The predicted molar refractivity (Wildman–Crippen MR) is 174 cm³/mol. The molecule has 1 fully saturated rings. The average molecular weight is 665 g/mol. The van der Waals surface area contributed by atoms with Crippen LogP contribution in [0.4, 0.5) is 24.5 Å². The first-order chi connectivity index (χ1) is 22.8. The molecule has 0 atom stereocenters. The Kier molecular flexibility index (Phi) is 9.85. The lowest BCUT2D eigenvalue weighted by Gasteiger charge is -2.23. The van der Waals surface area contributed by atoms with E-state index in [1.165, 1.54) is 22.6 Å². The minimum atomic E-state index is -4.50. The highest BCUT2D eigenvalue weighted by molar-refractivity contribution is 6.04. The molecule has 0 saturated carbocycles. The number of imidazole rings is 1. The number of carbonyl (C=O) groups is 3. The van der Waals surface area contributed by atoms with E-state index in [-0.39, 0.29) is 46.8 Å². The molecule has 1 aliphatic rings. The number of benzene rings is 2. The van der Waals surface area contributed by atoms with E-state index in [0.717, 1.165) is 18.2 Å². The number of rotatable bonds is 9. The Labute approximate surface area is 273 Å². The predicted octanol–water partition coefficient (Wildman–Crippen LogP) is 5.03. The van der Waals surface area contributed by atoms with E-state index in [9.17, 15) is 32.3 Å². The van der Waals surface area contributed by atoms with E-state index < -0.39 is 29.1 Å². The number of aromatic nitrogens is 3. The zero-order valence-corrected chi connectivity index (χ0v) is 26.7. The maximum absolute atomic E-state index is 14.3. The van der Waals surface area contributed by atoms with Gasteiger partial charge in [-0.3, -0.25) is 19.2 Å². The summed E-state index contributed by atoms with van der Waals surface area (Å²) in [6.07, 6.45) is -1.75. The molecule has 0 aliphatic carbocycles. The van der Waals surface area contributed by atoms with Gasteiger partial charge in [-0.15, -0.1) is 0 Å². The maximum Gasteiger partial charge on any atom is 0.416 e. The van der Waals surface area contributed by atoms with Crippen molar-refractivity contribution in [3.05, 3.63) is 93.7 Å². The minimum absolute atomic E-state index is 0.0487. The van der Waals surface area contributed by atoms with E-state index in [1.807, 2.05) is 6.92 Å². The van der Waals surface area contributed by atoms with Crippen LogP contribution < -0.4 is 21.5 Å². The summed E-state index contributed by atoms with van der Waals surface area (Å²) < 4.78 is 47.2. The van der Waals surface area contributed by atoms with Crippen molar-refractivity contribution >= 4 is 34.9 Å². The van der Waals surface area contributed by atoms with Crippen LogP contribution >= 0.6 is 0 Å². The van der Waals surface area contributed by atoms with Gasteiger partial charge in [0.25, 0.3) is 11.5 Å². The second-order valence-electron chi connectivity index (χ2n) is 11.4. The van der Waals surface area contributed by atoms with Gasteiger partial charge in [-0.05, 0) is 75.6 Å². The first-order valence-electron chi connectivity index (χ1n) is 15.4. The lowest BCUT2D eigenvalue weighted by atomic mass is 9.99. The van der Waals surface area contributed by atoms with Crippen LogP contribution in [-0.2, 0) is 33.5 Å². The quantitative estimate of drug-likeness (QED) is 0.215. The highest BCUT2D eigenvalue weighted by atomic mass is 19.4. The number of hydrogen-bond donors (Lipinski definition) is 3. The molecule has 3 heterocycles. The molecule has 48 heavy (non-hydrogen) atoms. The molecule has 252 valence electrons. The fourth-order valence-electron chi connectivity index (χ4n) is 5.65. The van der Waals surface area contributed by atoms with Crippen LogP contribution in [-0.4, -0.2) is 50.9 Å². The number of hydrogen-bond acceptors (Lipinski definition) is 6. The highest BCUT2D eigenvalue weighted by Crippen LogP contribution is 2.32. The zero-order chi connectivity index (χ0) is 34.7. The average Bonchev–Trinajstić information content (AvgIpc) is 3.29. The van der Waals surface area contributed by atoms with E-state index in [0.29, 0.717) is 55.1 Å². The molecule has 2 aromatic carbocycles. The van der Waals surface area contributed by atoms with E-state index in [1.54, 1.807) is 30.5 Å². The molecule has 4 aromatic rings. The largest absolute Gasteiger partial charge is 0.416 e. The molecule has 11 nitrogen and oxygen atoms in total. The lowest BCUT2D eigenvalue weighted by molar-refractivity contribution is -0.137. The van der Waals surface area contributed by atoms with Crippen LogP contribution in [0.3, 0.4) is 0 Å². The van der Waals surface area contributed by atoms with Gasteiger partial charge in [0.15, 0.2) is 0 Å². The fourth-order valence-corrected chi connectivity index (χ4v) is 5.65. The van der Waals surface area contributed by atoms with E-state index in [4.69, 9.17) is 9.72 Å². The van der Waals surface area contributed by atoms with Crippen molar-refractivity contribution in [1.29, 1.82) is 0 Å². The molecule has 0 bridgehead atoms. The van der Waals surface area contributed by atoms with Gasteiger partial charge in [0.1, 0.15) is 6.54 Å². The first kappa shape index (κ1) is 34.1. The smallest absolute Gasteiger partial charge is 0.381 e. The Morgan fingerprint density at radius 1 is 1.04 bits per heavy atom. The summed E-state index contributed by atoms with van der Waals surface area (Å²) in [5.41, 5.74) is 1.42. The van der Waals surface area contributed by atoms with Gasteiger partial charge in [0.2, 0.25) is 17.6 Å². The highest BCUT2D eigenvalue weighted by Gasteiger charge is 2.30. The number of amides is 3. The molecule has 14 heteroatoms. The molecular formula is C34H35F3N6O5. The topological polar surface area (TPSA) is 136 Å². The Morgan fingerprint density at radius 3 is 2.35 bits per heavy atom. The minimum Gasteiger partial charge on any atom is -0.381 e. The standard InChI is InChI=1S/C34H35F3N6O5/c1-5-26-30(25-12-7-21(17-27(25)40-28(44)6-2)31(46)39-24-13-15-48-16-14-24)32(47)43-20(4)19(3)42(33(43)41-26)18-29(45)38-23-10-8-22(9-11-23)34(35,36)37/h6-12,17,24H,2,5,13-16,18H2,1,3-4H3,(H,38,45)(H,39,46)(H,40,44). The van der Waals surface area contributed by atoms with Crippen LogP contribution in [0.25, 0.3) is 16.9 Å². The molecule has 3 amide bonds. The van der Waals surface area contributed by atoms with Gasteiger partial charge in [-0.1, -0.05) is 19.6 Å². The third-order valence-electron chi connectivity index (χ3n) is 8.33. The van der Waals surface area contributed by atoms with Crippen molar-refractivity contribution in [2.24, 2.45) is 0 Å². The number of fused-ring (bicyclic) bond motifs is 1. The summed E-state index contributed by atoms with van der Waals surface area (Å²) in [5.74, 6) is -1.21. The Hall–Kier alpha value is -5.24. The van der Waals surface area contributed by atoms with E-state index >= 15 is 0 Å². The lowest BCUT2D eigenvalue weighted by Crippen LogP contribution is -2.38. The van der Waals surface area contributed by atoms with Gasteiger partial charge >= 0.3 is 6.18 Å². The molecule has 1 aliphatic heterocycles. The summed E-state index contributed by atoms with van der Waals surface area (Å²) in [5, 5.41) is 8.31. The third kappa shape index (κ3) is 7.03. The second kappa shape index (κ2) is 13.9. The number of nitrogens with one attached hydrogen (secondary N) is 3. The summed E-state index contributed by atoms with van der Waals surface area (Å²) in [7, 11) is 0. The maximum atomic E-state index is 14.3. The Morgan fingerprint density at radius 2 is 1.73 bits per heavy atom. The summed E-state index contributed by atoms with van der Waals surface area (Å²) in [6.45, 7) is 9.58. The number of anilines is 2. The summed E-state index contributed by atoms with van der Waals surface area (Å²) in [4.78, 5) is 57.7. The Balaban J connectivity index is 1.52. The second-order valence-corrected chi connectivity index (χ2v) is 11.4. The molecule has 3 N–H and O–H groups in total.